The van der Waals surface area contributed by atoms with Crippen LogP contribution in [0.5, 0.6) is 0 Å². The van der Waals surface area contributed by atoms with Crippen molar-refractivity contribution in [1.82, 2.24) is 10.2 Å². The van der Waals surface area contributed by atoms with Crippen molar-refractivity contribution in [3.8, 4) is 0 Å². The molecule has 0 aromatic heterocycles. The van der Waals surface area contributed by atoms with Crippen molar-refractivity contribution < 1.29 is 18.0 Å². The van der Waals surface area contributed by atoms with Gasteiger partial charge in [-0.2, -0.15) is 0 Å². The van der Waals surface area contributed by atoms with Crippen LogP contribution >= 0.6 is 11.6 Å². The Morgan fingerprint density at radius 2 is 1.40 bits per heavy atom. The Bertz CT molecular complexity index is 1690. The number of hydrogen-bond donors (Lipinski definition) is 1. The molecule has 0 radical (unpaired) electrons. The zero-order valence-corrected chi connectivity index (χ0v) is 27.7. The first-order valence-electron chi connectivity index (χ1n) is 15.0. The number of benzene rings is 4. The molecule has 0 unspecified atom stereocenters. The first-order valence-corrected chi connectivity index (χ1v) is 16.8. The lowest BCUT2D eigenvalue weighted by Crippen LogP contribution is -2.54. The van der Waals surface area contributed by atoms with E-state index in [4.69, 9.17) is 11.6 Å². The molecule has 0 saturated heterocycles. The van der Waals surface area contributed by atoms with E-state index in [0.29, 0.717) is 22.7 Å². The monoisotopic (exact) mass is 645 g/mol. The smallest absolute Gasteiger partial charge is 0.264 e. The molecule has 7 nitrogen and oxygen atoms in total. The first-order chi connectivity index (χ1) is 21.5. The summed E-state index contributed by atoms with van der Waals surface area (Å²) < 4.78 is 29.4. The second-order valence-corrected chi connectivity index (χ2v) is 13.6. The molecule has 0 saturated carbocycles. The normalized spacial score (nSPS) is 12.6. The highest BCUT2D eigenvalue weighted by Crippen LogP contribution is 2.26. The molecule has 4 rings (SSSR count). The standard InChI is InChI=1S/C36H40ClN3O4S/c1-5-28(4)38-36(42)34(23-29-11-7-6-8-12-29)39(24-30-13-9-10-14-33(30)37)35(41)25-40(31-19-15-26(2)16-20-31)45(43,44)32-21-17-27(3)18-22-32/h6-22,28,34H,5,23-25H2,1-4H3,(H,38,42)/t28-,34-/m1/s1. The summed E-state index contributed by atoms with van der Waals surface area (Å²) >= 11 is 6.56. The van der Waals surface area contributed by atoms with Crippen molar-refractivity contribution in [2.45, 2.75) is 64.1 Å². The van der Waals surface area contributed by atoms with Gasteiger partial charge in [-0.3, -0.25) is 13.9 Å². The second kappa shape index (κ2) is 15.2. The maximum absolute atomic E-state index is 14.5. The highest BCUT2D eigenvalue weighted by Gasteiger charge is 2.35. The van der Waals surface area contributed by atoms with Crippen molar-refractivity contribution in [2.75, 3.05) is 10.8 Å². The number of anilines is 1. The molecule has 4 aromatic carbocycles. The lowest BCUT2D eigenvalue weighted by molar-refractivity contribution is -0.140. The molecule has 9 heteroatoms. The van der Waals surface area contributed by atoms with Crippen molar-refractivity contribution in [1.29, 1.82) is 0 Å². The van der Waals surface area contributed by atoms with E-state index in [2.05, 4.69) is 5.32 Å². The van der Waals surface area contributed by atoms with Crippen LogP contribution in [0.4, 0.5) is 5.69 Å². The number of carbonyl (C=O) groups is 2. The third-order valence-corrected chi connectivity index (χ3v) is 9.94. The molecule has 236 valence electrons. The number of nitrogens with one attached hydrogen (secondary N) is 1. The third kappa shape index (κ3) is 8.74. The lowest BCUT2D eigenvalue weighted by atomic mass is 10.0. The summed E-state index contributed by atoms with van der Waals surface area (Å²) in [5.74, 6) is -0.858. The minimum Gasteiger partial charge on any atom is -0.352 e. The van der Waals surface area contributed by atoms with Gasteiger partial charge in [-0.15, -0.1) is 0 Å². The average Bonchev–Trinajstić information content (AvgIpc) is 3.03. The fraction of sp³-hybridized carbons (Fsp3) is 0.278. The molecule has 0 fully saturated rings. The molecule has 0 heterocycles. The third-order valence-electron chi connectivity index (χ3n) is 7.78. The summed E-state index contributed by atoms with van der Waals surface area (Å²) in [5, 5.41) is 3.48. The Morgan fingerprint density at radius 3 is 2.00 bits per heavy atom. The van der Waals surface area contributed by atoms with Gasteiger partial charge in [0.2, 0.25) is 11.8 Å². The van der Waals surface area contributed by atoms with Crippen LogP contribution < -0.4 is 9.62 Å². The molecule has 1 N–H and O–H groups in total. The zero-order chi connectivity index (χ0) is 32.6. The van der Waals surface area contributed by atoms with Gasteiger partial charge in [0.1, 0.15) is 12.6 Å². The first kappa shape index (κ1) is 33.7. The molecule has 0 aliphatic heterocycles. The second-order valence-electron chi connectivity index (χ2n) is 11.3. The van der Waals surface area contributed by atoms with E-state index in [-0.39, 0.29) is 29.8 Å². The average molecular weight is 646 g/mol. The minimum atomic E-state index is -4.16. The van der Waals surface area contributed by atoms with E-state index in [1.165, 1.54) is 17.0 Å². The van der Waals surface area contributed by atoms with Gasteiger partial charge < -0.3 is 10.2 Å². The predicted octanol–water partition coefficient (Wildman–Crippen LogP) is 6.71. The maximum Gasteiger partial charge on any atom is 0.264 e. The minimum absolute atomic E-state index is 0.0102. The summed E-state index contributed by atoms with van der Waals surface area (Å²) in [6, 6.07) is 29.0. The lowest BCUT2D eigenvalue weighted by Gasteiger charge is -2.34. The maximum atomic E-state index is 14.5. The molecule has 2 atom stereocenters. The topological polar surface area (TPSA) is 86.8 Å². The van der Waals surface area contributed by atoms with Gasteiger partial charge in [0.25, 0.3) is 10.0 Å². The molecule has 2 amide bonds. The van der Waals surface area contributed by atoms with Crippen LogP contribution in [0.1, 0.15) is 42.5 Å². The number of carbonyl (C=O) groups excluding carboxylic acids is 2. The van der Waals surface area contributed by atoms with Crippen molar-refractivity contribution in [3.63, 3.8) is 0 Å². The number of halogens is 1. The van der Waals surface area contributed by atoms with Gasteiger partial charge in [-0.25, -0.2) is 8.42 Å². The number of rotatable bonds is 13. The van der Waals surface area contributed by atoms with Gasteiger partial charge in [-0.1, -0.05) is 102 Å². The molecule has 4 aromatic rings. The SMILES string of the molecule is CC[C@@H](C)NC(=O)[C@@H](Cc1ccccc1)N(Cc1ccccc1Cl)C(=O)CN(c1ccc(C)cc1)S(=O)(=O)c1ccc(C)cc1. The Labute approximate surface area is 271 Å². The molecular formula is C36H40ClN3O4S. The van der Waals surface area contributed by atoms with Gasteiger partial charge in [-0.05, 0) is 68.7 Å². The summed E-state index contributed by atoms with van der Waals surface area (Å²) in [7, 11) is -4.16. The van der Waals surface area contributed by atoms with Crippen LogP contribution in [0.25, 0.3) is 0 Å². The highest BCUT2D eigenvalue weighted by atomic mass is 35.5. The summed E-state index contributed by atoms with van der Waals surface area (Å²) in [6.07, 6.45) is 0.937. The van der Waals surface area contributed by atoms with Crippen LogP contribution in [0.3, 0.4) is 0 Å². The van der Waals surface area contributed by atoms with Crippen LogP contribution in [0.15, 0.2) is 108 Å². The predicted molar refractivity (Wildman–Crippen MR) is 181 cm³/mol. The molecule has 0 aliphatic carbocycles. The molecule has 0 aliphatic rings. The van der Waals surface area contributed by atoms with Crippen LogP contribution in [-0.2, 0) is 32.6 Å². The Hall–Kier alpha value is -4.14. The van der Waals surface area contributed by atoms with Crippen LogP contribution in [-0.4, -0.2) is 43.8 Å². The molecule has 45 heavy (non-hydrogen) atoms. The van der Waals surface area contributed by atoms with E-state index < -0.39 is 28.5 Å². The molecule has 0 spiro atoms. The Morgan fingerprint density at radius 1 is 0.822 bits per heavy atom. The van der Waals surface area contributed by atoms with Crippen LogP contribution in [0, 0.1) is 13.8 Å². The molecule has 0 bridgehead atoms. The van der Waals surface area contributed by atoms with E-state index in [1.807, 2.05) is 64.1 Å². The number of hydrogen-bond acceptors (Lipinski definition) is 4. The van der Waals surface area contributed by atoms with Gasteiger partial charge in [0, 0.05) is 24.0 Å². The van der Waals surface area contributed by atoms with Crippen molar-refractivity contribution >= 4 is 39.1 Å². The van der Waals surface area contributed by atoms with E-state index in [1.54, 1.807) is 54.6 Å². The number of aryl methyl sites for hydroxylation is 2. The zero-order valence-electron chi connectivity index (χ0n) is 26.1. The number of amides is 2. The largest absolute Gasteiger partial charge is 0.352 e. The van der Waals surface area contributed by atoms with Gasteiger partial charge in [0.15, 0.2) is 0 Å². The van der Waals surface area contributed by atoms with Crippen molar-refractivity contribution in [2.24, 2.45) is 0 Å². The van der Waals surface area contributed by atoms with E-state index in [9.17, 15) is 18.0 Å². The summed E-state index contributed by atoms with van der Waals surface area (Å²) in [5.41, 5.74) is 3.71. The van der Waals surface area contributed by atoms with E-state index >= 15 is 0 Å². The molecular weight excluding hydrogens is 606 g/mol. The quantitative estimate of drug-likeness (QED) is 0.175. The Balaban J connectivity index is 1.81. The summed E-state index contributed by atoms with van der Waals surface area (Å²) in [6.45, 7) is 7.15. The fourth-order valence-corrected chi connectivity index (χ4v) is 6.49. The number of nitrogens with zero attached hydrogens (tertiary/aromatic N) is 2. The van der Waals surface area contributed by atoms with Crippen molar-refractivity contribution in [3.05, 3.63) is 130 Å². The highest BCUT2D eigenvalue weighted by molar-refractivity contribution is 7.92. The van der Waals surface area contributed by atoms with Crippen LogP contribution in [0.2, 0.25) is 5.02 Å². The van der Waals surface area contributed by atoms with Gasteiger partial charge >= 0.3 is 0 Å². The summed E-state index contributed by atoms with van der Waals surface area (Å²) in [4.78, 5) is 30.0. The Kier molecular flexibility index (Phi) is 11.4. The fourth-order valence-electron chi connectivity index (χ4n) is 4.88. The van der Waals surface area contributed by atoms with Gasteiger partial charge in [0.05, 0.1) is 10.6 Å². The number of sulfonamides is 1. The van der Waals surface area contributed by atoms with E-state index in [0.717, 1.165) is 21.0 Å².